The van der Waals surface area contributed by atoms with Crippen molar-refractivity contribution in [1.82, 2.24) is 20.4 Å². The van der Waals surface area contributed by atoms with E-state index >= 15 is 0 Å². The largest absolute Gasteiger partial charge is 0.444 e. The Balaban J connectivity index is 1.68. The molecular weight excluding hydrogens is 416 g/mol. The lowest BCUT2D eigenvalue weighted by Gasteiger charge is -2.26. The summed E-state index contributed by atoms with van der Waals surface area (Å²) in [4.78, 5) is 39.9. The summed E-state index contributed by atoms with van der Waals surface area (Å²) >= 11 is 3.13. The molecule has 3 amide bonds. The van der Waals surface area contributed by atoms with Gasteiger partial charge < -0.3 is 24.9 Å². The highest BCUT2D eigenvalue weighted by Crippen LogP contribution is 2.15. The predicted octanol–water partition coefficient (Wildman–Crippen LogP) is 1.22. The summed E-state index contributed by atoms with van der Waals surface area (Å²) in [6.45, 7) is 5.00. The molecule has 150 valence electrons. The molecule has 0 saturated carbocycles. The zero-order valence-corrected chi connectivity index (χ0v) is 17.4. The molecule has 0 aromatic carbocycles. The number of halogens is 1. The van der Waals surface area contributed by atoms with Gasteiger partial charge in [0.05, 0.1) is 6.54 Å². The van der Waals surface area contributed by atoms with Crippen molar-refractivity contribution in [3.05, 3.63) is 22.6 Å². The lowest BCUT2D eigenvalue weighted by molar-refractivity contribution is -0.128. The fraction of sp³-hybridized carbons (Fsp3) is 0.611. The van der Waals surface area contributed by atoms with Crippen LogP contribution < -0.4 is 10.6 Å². The molecule has 2 heterocycles. The SMILES string of the molecule is C[C@@H](NC(=O)CN(C)C(=O)c1ccc(Br)o1)C(=O)NCCN1CCCCC1. The van der Waals surface area contributed by atoms with Crippen LogP contribution in [0.5, 0.6) is 0 Å². The van der Waals surface area contributed by atoms with Gasteiger partial charge in [-0.1, -0.05) is 6.42 Å². The summed E-state index contributed by atoms with van der Waals surface area (Å²) < 4.78 is 5.63. The predicted molar refractivity (Wildman–Crippen MR) is 104 cm³/mol. The Bertz CT molecular complexity index is 658. The number of hydrogen-bond acceptors (Lipinski definition) is 5. The van der Waals surface area contributed by atoms with Crippen molar-refractivity contribution in [1.29, 1.82) is 0 Å². The Morgan fingerprint density at radius 3 is 2.59 bits per heavy atom. The number of rotatable bonds is 8. The summed E-state index contributed by atoms with van der Waals surface area (Å²) in [7, 11) is 1.50. The summed E-state index contributed by atoms with van der Waals surface area (Å²) in [5.41, 5.74) is 0. The number of piperidine rings is 1. The molecule has 1 aromatic heterocycles. The van der Waals surface area contributed by atoms with E-state index in [9.17, 15) is 14.4 Å². The van der Waals surface area contributed by atoms with Crippen LogP contribution in [0.15, 0.2) is 21.2 Å². The van der Waals surface area contributed by atoms with Crippen molar-refractivity contribution in [3.63, 3.8) is 0 Å². The minimum absolute atomic E-state index is 0.140. The third-order valence-electron chi connectivity index (χ3n) is 4.46. The molecule has 1 saturated heterocycles. The maximum absolute atomic E-state index is 12.2. The molecule has 1 atom stereocenters. The fourth-order valence-corrected chi connectivity index (χ4v) is 3.24. The number of carbonyl (C=O) groups is 3. The van der Waals surface area contributed by atoms with Gasteiger partial charge in [-0.2, -0.15) is 0 Å². The molecule has 27 heavy (non-hydrogen) atoms. The second-order valence-corrected chi connectivity index (χ2v) is 7.53. The van der Waals surface area contributed by atoms with Gasteiger partial charge in [0.2, 0.25) is 11.8 Å². The van der Waals surface area contributed by atoms with Crippen LogP contribution >= 0.6 is 15.9 Å². The molecule has 1 aromatic rings. The van der Waals surface area contributed by atoms with Crippen molar-refractivity contribution >= 4 is 33.7 Å². The summed E-state index contributed by atoms with van der Waals surface area (Å²) in [5, 5.41) is 5.46. The van der Waals surface area contributed by atoms with E-state index in [4.69, 9.17) is 4.42 Å². The van der Waals surface area contributed by atoms with Crippen LogP contribution in [0.4, 0.5) is 0 Å². The molecule has 2 N–H and O–H groups in total. The maximum atomic E-state index is 12.2. The van der Waals surface area contributed by atoms with Gasteiger partial charge in [0.25, 0.3) is 5.91 Å². The van der Waals surface area contributed by atoms with Crippen LogP contribution in [-0.4, -0.2) is 73.3 Å². The second kappa shape index (κ2) is 10.5. The number of carbonyl (C=O) groups excluding carboxylic acids is 3. The van der Waals surface area contributed by atoms with E-state index in [-0.39, 0.29) is 18.2 Å². The standard InChI is InChI=1S/C18H27BrN4O4/c1-13(17(25)20-8-11-23-9-4-3-5-10-23)21-16(24)12-22(2)18(26)14-6-7-15(19)27-14/h6-7,13H,3-5,8-12H2,1-2H3,(H,20,25)(H,21,24)/t13-/m1/s1. The van der Waals surface area contributed by atoms with Crippen molar-refractivity contribution < 1.29 is 18.8 Å². The molecule has 0 aliphatic carbocycles. The van der Waals surface area contributed by atoms with Crippen LogP contribution in [0.1, 0.15) is 36.7 Å². The Morgan fingerprint density at radius 1 is 1.26 bits per heavy atom. The van der Waals surface area contributed by atoms with Crippen LogP contribution in [0.25, 0.3) is 0 Å². The van der Waals surface area contributed by atoms with Crippen molar-refractivity contribution in [2.24, 2.45) is 0 Å². The maximum Gasteiger partial charge on any atom is 0.289 e. The molecule has 9 heteroatoms. The average Bonchev–Trinajstić information content (AvgIpc) is 3.08. The van der Waals surface area contributed by atoms with Gasteiger partial charge >= 0.3 is 0 Å². The lowest BCUT2D eigenvalue weighted by Crippen LogP contribution is -2.49. The third-order valence-corrected chi connectivity index (χ3v) is 4.88. The number of hydrogen-bond donors (Lipinski definition) is 2. The van der Waals surface area contributed by atoms with E-state index in [0.29, 0.717) is 11.2 Å². The zero-order valence-electron chi connectivity index (χ0n) is 15.8. The van der Waals surface area contributed by atoms with E-state index in [0.717, 1.165) is 19.6 Å². The first kappa shape index (κ1) is 21.4. The first-order valence-corrected chi connectivity index (χ1v) is 9.96. The highest BCUT2D eigenvalue weighted by molar-refractivity contribution is 9.10. The number of nitrogens with one attached hydrogen (secondary N) is 2. The second-order valence-electron chi connectivity index (χ2n) is 6.75. The summed E-state index contributed by atoms with van der Waals surface area (Å²) in [6, 6.07) is 2.47. The number of nitrogens with zero attached hydrogens (tertiary/aromatic N) is 2. The molecule has 0 bridgehead atoms. The summed E-state index contributed by atoms with van der Waals surface area (Å²) in [6.07, 6.45) is 3.70. The molecular formula is C18H27BrN4O4. The molecule has 1 aliphatic rings. The Morgan fingerprint density at radius 2 is 1.96 bits per heavy atom. The van der Waals surface area contributed by atoms with Gasteiger partial charge in [-0.25, -0.2) is 0 Å². The smallest absolute Gasteiger partial charge is 0.289 e. The van der Waals surface area contributed by atoms with Crippen molar-refractivity contribution in [3.8, 4) is 0 Å². The van der Waals surface area contributed by atoms with E-state index in [1.54, 1.807) is 13.0 Å². The monoisotopic (exact) mass is 442 g/mol. The zero-order chi connectivity index (χ0) is 19.8. The first-order chi connectivity index (χ1) is 12.9. The molecule has 0 unspecified atom stereocenters. The Labute approximate surface area is 167 Å². The van der Waals surface area contributed by atoms with Crippen LogP contribution in [0.3, 0.4) is 0 Å². The quantitative estimate of drug-likeness (QED) is 0.630. The lowest BCUT2D eigenvalue weighted by atomic mass is 10.1. The van der Waals surface area contributed by atoms with Crippen molar-refractivity contribution in [2.45, 2.75) is 32.2 Å². The van der Waals surface area contributed by atoms with Gasteiger partial charge in [-0.3, -0.25) is 14.4 Å². The minimum atomic E-state index is -0.667. The topological polar surface area (TPSA) is 94.9 Å². The highest BCUT2D eigenvalue weighted by atomic mass is 79.9. The van der Waals surface area contributed by atoms with E-state index in [2.05, 4.69) is 31.5 Å². The van der Waals surface area contributed by atoms with Gasteiger partial charge in [0.15, 0.2) is 10.4 Å². The van der Waals surface area contributed by atoms with Crippen LogP contribution in [0, 0.1) is 0 Å². The molecule has 2 rings (SSSR count). The molecule has 1 aliphatic heterocycles. The molecule has 0 radical (unpaired) electrons. The van der Waals surface area contributed by atoms with Gasteiger partial charge in [0, 0.05) is 20.1 Å². The number of likely N-dealkylation sites (N-methyl/N-ethyl adjacent to an activating group) is 1. The molecule has 1 fully saturated rings. The molecule has 8 nitrogen and oxygen atoms in total. The average molecular weight is 443 g/mol. The van der Waals surface area contributed by atoms with E-state index in [1.807, 2.05) is 0 Å². The minimum Gasteiger partial charge on any atom is -0.444 e. The Hall–Kier alpha value is -1.87. The third kappa shape index (κ3) is 6.99. The fourth-order valence-electron chi connectivity index (χ4n) is 2.93. The van der Waals surface area contributed by atoms with Gasteiger partial charge in [0.1, 0.15) is 6.04 Å². The number of likely N-dealkylation sites (tertiary alicyclic amines) is 1. The number of furan rings is 1. The van der Waals surface area contributed by atoms with Crippen LogP contribution in [-0.2, 0) is 9.59 Å². The highest BCUT2D eigenvalue weighted by Gasteiger charge is 2.21. The summed E-state index contributed by atoms with van der Waals surface area (Å²) in [5.74, 6) is -0.908. The number of amides is 3. The van der Waals surface area contributed by atoms with E-state index < -0.39 is 17.9 Å². The molecule has 0 spiro atoms. The van der Waals surface area contributed by atoms with Gasteiger partial charge in [-0.15, -0.1) is 0 Å². The normalized spacial score (nSPS) is 15.8. The first-order valence-electron chi connectivity index (χ1n) is 9.17. The van der Waals surface area contributed by atoms with Crippen LogP contribution in [0.2, 0.25) is 0 Å². The van der Waals surface area contributed by atoms with E-state index in [1.165, 1.54) is 37.3 Å². The van der Waals surface area contributed by atoms with Gasteiger partial charge in [-0.05, 0) is 60.9 Å². The Kier molecular flexibility index (Phi) is 8.30. The van der Waals surface area contributed by atoms with Crippen molar-refractivity contribution in [2.75, 3.05) is 39.8 Å².